The zero-order valence-corrected chi connectivity index (χ0v) is 29.7. The lowest BCUT2D eigenvalue weighted by atomic mass is 9.34. The maximum atomic E-state index is 2.41. The van der Waals surface area contributed by atoms with Gasteiger partial charge in [0.25, 0.3) is 0 Å². The molecule has 51 heavy (non-hydrogen) atoms. The number of hydrogen-bond acceptors (Lipinski definition) is 3. The molecule has 0 aliphatic carbocycles. The molecule has 0 saturated heterocycles. The van der Waals surface area contributed by atoms with E-state index in [2.05, 4.69) is 225 Å². The SMILES string of the molecule is CN(c1ccc(C(C)(C)C)cc1)c1cc(N(c2ccccc2)c2ccccc2)ccc1B1c2ccccc2N(c2ccccc2)c2ccccc21. The topological polar surface area (TPSA) is 9.72 Å². The van der Waals surface area contributed by atoms with Crippen LogP contribution in [0.15, 0.2) is 182 Å². The van der Waals surface area contributed by atoms with E-state index >= 15 is 0 Å². The van der Waals surface area contributed by atoms with Crippen molar-refractivity contribution in [3.63, 3.8) is 0 Å². The minimum Gasteiger partial charge on any atom is -0.345 e. The molecule has 0 unspecified atom stereocenters. The monoisotopic (exact) mass is 659 g/mol. The summed E-state index contributed by atoms with van der Waals surface area (Å²) in [6.07, 6.45) is 0. The van der Waals surface area contributed by atoms with Gasteiger partial charge >= 0.3 is 0 Å². The fourth-order valence-electron chi connectivity index (χ4n) is 7.49. The Hall–Kier alpha value is -6.00. The van der Waals surface area contributed by atoms with Crippen LogP contribution in [0.2, 0.25) is 0 Å². The van der Waals surface area contributed by atoms with E-state index in [4.69, 9.17) is 0 Å². The number of benzene rings is 7. The number of anilines is 8. The molecule has 7 aromatic rings. The minimum absolute atomic E-state index is 0.0135. The van der Waals surface area contributed by atoms with Gasteiger partial charge in [0.1, 0.15) is 0 Å². The van der Waals surface area contributed by atoms with Crippen LogP contribution in [0.1, 0.15) is 26.3 Å². The average Bonchev–Trinajstić information content (AvgIpc) is 3.18. The summed E-state index contributed by atoms with van der Waals surface area (Å²) in [5, 5.41) is 0. The van der Waals surface area contributed by atoms with Crippen LogP contribution in [-0.4, -0.2) is 13.8 Å². The highest BCUT2D eigenvalue weighted by Gasteiger charge is 2.37. The Bertz CT molecular complexity index is 2180. The summed E-state index contributed by atoms with van der Waals surface area (Å²) >= 11 is 0. The van der Waals surface area contributed by atoms with Gasteiger partial charge in [0.15, 0.2) is 0 Å². The van der Waals surface area contributed by atoms with E-state index in [1.54, 1.807) is 0 Å². The number of nitrogens with zero attached hydrogens (tertiary/aromatic N) is 3. The first-order valence-corrected chi connectivity index (χ1v) is 17.8. The van der Waals surface area contributed by atoms with Gasteiger partial charge in [-0.1, -0.05) is 130 Å². The van der Waals surface area contributed by atoms with E-state index in [1.807, 2.05) is 0 Å². The molecule has 0 spiro atoms. The molecule has 0 saturated carbocycles. The summed E-state index contributed by atoms with van der Waals surface area (Å²) in [4.78, 5) is 7.13. The molecule has 0 fully saturated rings. The maximum absolute atomic E-state index is 2.41. The highest BCUT2D eigenvalue weighted by molar-refractivity contribution is 6.98. The van der Waals surface area contributed by atoms with E-state index in [0.717, 1.165) is 34.1 Å². The number of hydrogen-bond donors (Lipinski definition) is 0. The first kappa shape index (κ1) is 32.2. The predicted molar refractivity (Wildman–Crippen MR) is 220 cm³/mol. The molecular weight excluding hydrogens is 617 g/mol. The summed E-state index contributed by atoms with van der Waals surface area (Å²) in [6, 6.07) is 66.0. The van der Waals surface area contributed by atoms with E-state index in [1.165, 1.54) is 33.3 Å². The van der Waals surface area contributed by atoms with Gasteiger partial charge in [-0.25, -0.2) is 0 Å². The van der Waals surface area contributed by atoms with Gasteiger partial charge in [-0.15, -0.1) is 0 Å². The Morgan fingerprint density at radius 1 is 0.451 bits per heavy atom. The lowest BCUT2D eigenvalue weighted by molar-refractivity contribution is 0.590. The molecule has 0 aromatic heterocycles. The van der Waals surface area contributed by atoms with Crippen molar-refractivity contribution in [1.29, 1.82) is 0 Å². The van der Waals surface area contributed by atoms with Crippen LogP contribution >= 0.6 is 0 Å². The number of para-hydroxylation sites is 5. The van der Waals surface area contributed by atoms with Crippen LogP contribution in [0.3, 0.4) is 0 Å². The minimum atomic E-state index is 0.0135. The smallest absolute Gasteiger partial charge is 0.249 e. The van der Waals surface area contributed by atoms with E-state index in [-0.39, 0.29) is 12.1 Å². The van der Waals surface area contributed by atoms with Gasteiger partial charge in [-0.3, -0.25) is 0 Å². The van der Waals surface area contributed by atoms with E-state index in [0.29, 0.717) is 0 Å². The quantitative estimate of drug-likeness (QED) is 0.158. The average molecular weight is 660 g/mol. The number of fused-ring (bicyclic) bond motifs is 2. The molecule has 4 heteroatoms. The zero-order valence-electron chi connectivity index (χ0n) is 29.7. The van der Waals surface area contributed by atoms with Crippen molar-refractivity contribution in [1.82, 2.24) is 0 Å². The van der Waals surface area contributed by atoms with Crippen molar-refractivity contribution < 1.29 is 0 Å². The molecule has 7 aromatic carbocycles. The fourth-order valence-corrected chi connectivity index (χ4v) is 7.49. The van der Waals surface area contributed by atoms with E-state index in [9.17, 15) is 0 Å². The summed E-state index contributed by atoms with van der Waals surface area (Å²) in [5.41, 5.74) is 14.4. The predicted octanol–water partition coefficient (Wildman–Crippen LogP) is 10.5. The second-order valence-corrected chi connectivity index (χ2v) is 14.3. The second kappa shape index (κ2) is 13.4. The Kier molecular flexibility index (Phi) is 8.45. The molecule has 8 rings (SSSR count). The van der Waals surface area contributed by atoms with Gasteiger partial charge in [0.2, 0.25) is 6.71 Å². The van der Waals surface area contributed by atoms with Crippen LogP contribution in [0.4, 0.5) is 45.5 Å². The molecule has 1 aliphatic heterocycles. The second-order valence-electron chi connectivity index (χ2n) is 14.3. The third-order valence-corrected chi connectivity index (χ3v) is 10.1. The first-order chi connectivity index (χ1) is 24.9. The largest absolute Gasteiger partial charge is 0.345 e. The van der Waals surface area contributed by atoms with Gasteiger partial charge in [-0.05, 0) is 100 Å². The van der Waals surface area contributed by atoms with Crippen LogP contribution in [0.5, 0.6) is 0 Å². The van der Waals surface area contributed by atoms with Crippen LogP contribution in [0.25, 0.3) is 0 Å². The highest BCUT2D eigenvalue weighted by atomic mass is 15.2. The zero-order chi connectivity index (χ0) is 35.0. The van der Waals surface area contributed by atoms with Crippen molar-refractivity contribution in [2.45, 2.75) is 26.2 Å². The molecule has 3 nitrogen and oxygen atoms in total. The Labute approximate surface area is 303 Å². The van der Waals surface area contributed by atoms with Gasteiger partial charge in [0.05, 0.1) is 0 Å². The first-order valence-electron chi connectivity index (χ1n) is 17.8. The Morgan fingerprint density at radius 2 is 0.922 bits per heavy atom. The molecule has 248 valence electrons. The Morgan fingerprint density at radius 3 is 1.45 bits per heavy atom. The van der Waals surface area contributed by atoms with Crippen molar-refractivity contribution in [3.05, 3.63) is 188 Å². The molecule has 0 atom stereocenters. The van der Waals surface area contributed by atoms with Crippen molar-refractivity contribution in [2.24, 2.45) is 0 Å². The van der Waals surface area contributed by atoms with Gasteiger partial charge in [0, 0.05) is 52.5 Å². The van der Waals surface area contributed by atoms with E-state index < -0.39 is 0 Å². The molecule has 0 bridgehead atoms. The molecule has 0 amide bonds. The van der Waals surface area contributed by atoms with Crippen LogP contribution in [-0.2, 0) is 5.41 Å². The highest BCUT2D eigenvalue weighted by Crippen LogP contribution is 2.39. The maximum Gasteiger partial charge on any atom is 0.249 e. The van der Waals surface area contributed by atoms with Crippen molar-refractivity contribution in [3.8, 4) is 0 Å². The lowest BCUT2D eigenvalue weighted by Crippen LogP contribution is -2.58. The van der Waals surface area contributed by atoms with Gasteiger partial charge in [-0.2, -0.15) is 0 Å². The summed E-state index contributed by atoms with van der Waals surface area (Å²) in [5.74, 6) is 0. The number of rotatable bonds is 7. The van der Waals surface area contributed by atoms with Crippen LogP contribution < -0.4 is 31.1 Å². The third kappa shape index (κ3) is 6.08. The molecule has 1 heterocycles. The molecule has 0 N–H and O–H groups in total. The van der Waals surface area contributed by atoms with Crippen molar-refractivity contribution >= 4 is 68.6 Å². The molecule has 0 radical (unpaired) electrons. The van der Waals surface area contributed by atoms with Gasteiger partial charge < -0.3 is 14.7 Å². The molecular formula is C47H42BN3. The normalized spacial score (nSPS) is 12.2. The third-order valence-electron chi connectivity index (χ3n) is 10.1. The van der Waals surface area contributed by atoms with Crippen molar-refractivity contribution in [2.75, 3.05) is 21.7 Å². The summed E-state index contributed by atoms with van der Waals surface area (Å²) in [6.45, 7) is 6.82. The summed E-state index contributed by atoms with van der Waals surface area (Å²) < 4.78 is 0. The Balaban J connectivity index is 1.35. The lowest BCUT2D eigenvalue weighted by Gasteiger charge is -2.38. The summed E-state index contributed by atoms with van der Waals surface area (Å²) in [7, 11) is 2.21. The van der Waals surface area contributed by atoms with Crippen LogP contribution in [0, 0.1) is 0 Å². The molecule has 1 aliphatic rings. The standard InChI is InChI=1S/C47H42BN3/c1-47(2,3)35-28-30-36(31-29-35)49(4)46-34-40(50(37-18-8-5-9-19-37)38-20-10-6-11-21-38)32-33-43(46)48-41-24-14-16-26-44(41)51(39-22-12-7-13-23-39)45-27-17-15-25-42(45)48/h5-34H,1-4H3. The fraction of sp³-hybridized carbons (Fsp3) is 0.106.